The molecule has 4 aliphatic carbocycles. The van der Waals surface area contributed by atoms with Crippen LogP contribution in [0.1, 0.15) is 56.2 Å². The van der Waals surface area contributed by atoms with Crippen molar-refractivity contribution < 1.29 is 14.6 Å². The molecule has 0 radical (unpaired) electrons. The van der Waals surface area contributed by atoms with Crippen LogP contribution in [-0.2, 0) is 16.6 Å². The number of methoxy groups -OCH3 is 1. The summed E-state index contributed by atoms with van der Waals surface area (Å²) < 4.78 is 13.4. The third-order valence-electron chi connectivity index (χ3n) is 9.70. The Labute approximate surface area is 168 Å². The number of likely N-dealkylation sites (tertiary alicyclic amines) is 1. The third-order valence-corrected chi connectivity index (χ3v) is 9.70. The number of aryl methyl sites for hydroxylation is 1. The molecule has 6 atom stereocenters. The normalized spacial score (nSPS) is 45.7. The zero-order valence-corrected chi connectivity index (χ0v) is 17.8. The highest BCUT2D eigenvalue weighted by atomic mass is 16.6. The van der Waals surface area contributed by atoms with Gasteiger partial charge < -0.3 is 19.5 Å². The first kappa shape index (κ1) is 17.7. The van der Waals surface area contributed by atoms with Crippen molar-refractivity contribution in [1.82, 2.24) is 4.90 Å². The molecule has 28 heavy (non-hydrogen) atoms. The second-order valence-corrected chi connectivity index (χ2v) is 10.9. The van der Waals surface area contributed by atoms with E-state index in [9.17, 15) is 5.11 Å². The Hall–Kier alpha value is -1.10. The largest absolute Gasteiger partial charge is 0.486 e. The van der Waals surface area contributed by atoms with Gasteiger partial charge in [0, 0.05) is 35.5 Å². The topological polar surface area (TPSA) is 41.9 Å². The zero-order chi connectivity index (χ0) is 19.7. The van der Waals surface area contributed by atoms with Crippen molar-refractivity contribution in [3.8, 4) is 5.75 Å². The Bertz CT molecular complexity index is 875. The Morgan fingerprint density at radius 1 is 1.25 bits per heavy atom. The summed E-state index contributed by atoms with van der Waals surface area (Å²) in [6.07, 6.45) is 5.45. The molecule has 2 aliphatic heterocycles. The number of hydrogen-bond donors (Lipinski definition) is 1. The molecule has 4 fully saturated rings. The minimum absolute atomic E-state index is 0.00951. The van der Waals surface area contributed by atoms with Gasteiger partial charge in [-0.15, -0.1) is 0 Å². The molecule has 1 N–H and O–H groups in total. The SMILES string of the molecule is CO[C@]12CC[C@@]3(CC1C(C)(C)O)[C@H]1Cc4ccc(C)c5c4[C@@]3(CCN1C)[C@H]2O5. The number of aliphatic hydroxyl groups is 1. The Balaban J connectivity index is 1.69. The number of rotatable bonds is 2. The van der Waals surface area contributed by atoms with Crippen LogP contribution in [0.15, 0.2) is 12.1 Å². The number of hydrogen-bond acceptors (Lipinski definition) is 4. The lowest BCUT2D eigenvalue weighted by Crippen LogP contribution is -2.82. The molecule has 0 aromatic heterocycles. The number of benzene rings is 1. The summed E-state index contributed by atoms with van der Waals surface area (Å²) in [7, 11) is 4.16. The minimum atomic E-state index is -0.786. The molecule has 1 unspecified atom stereocenters. The second kappa shape index (κ2) is 4.96. The number of likely N-dealkylation sites (N-methyl/N-ethyl adjacent to an activating group) is 1. The maximum absolute atomic E-state index is 11.3. The minimum Gasteiger partial charge on any atom is -0.486 e. The summed E-state index contributed by atoms with van der Waals surface area (Å²) in [5, 5.41) is 11.3. The van der Waals surface area contributed by atoms with Gasteiger partial charge in [-0.25, -0.2) is 0 Å². The maximum atomic E-state index is 11.3. The number of piperidine rings is 1. The van der Waals surface area contributed by atoms with E-state index in [0.29, 0.717) is 6.04 Å². The smallest absolute Gasteiger partial charge is 0.138 e. The van der Waals surface area contributed by atoms with E-state index in [2.05, 4.69) is 31.0 Å². The van der Waals surface area contributed by atoms with E-state index in [4.69, 9.17) is 9.47 Å². The second-order valence-electron chi connectivity index (χ2n) is 10.9. The van der Waals surface area contributed by atoms with Gasteiger partial charge in [0.1, 0.15) is 17.5 Å². The first-order valence-corrected chi connectivity index (χ1v) is 11.0. The van der Waals surface area contributed by atoms with Gasteiger partial charge in [-0.05, 0) is 77.6 Å². The summed E-state index contributed by atoms with van der Waals surface area (Å²) in [5.41, 5.74) is 3.25. The van der Waals surface area contributed by atoms with Gasteiger partial charge in [-0.2, -0.15) is 0 Å². The highest BCUT2D eigenvalue weighted by Gasteiger charge is 2.81. The molecule has 152 valence electrons. The molecule has 4 heteroatoms. The van der Waals surface area contributed by atoms with E-state index < -0.39 is 11.2 Å². The highest BCUT2D eigenvalue weighted by molar-refractivity contribution is 5.61. The summed E-state index contributed by atoms with van der Waals surface area (Å²) in [5.74, 6) is 1.22. The van der Waals surface area contributed by atoms with Crippen molar-refractivity contribution in [3.05, 3.63) is 28.8 Å². The fourth-order valence-corrected chi connectivity index (χ4v) is 8.66. The van der Waals surface area contributed by atoms with E-state index in [1.54, 1.807) is 0 Å². The zero-order valence-electron chi connectivity index (χ0n) is 17.8. The van der Waals surface area contributed by atoms with Crippen molar-refractivity contribution in [2.45, 2.75) is 81.6 Å². The molecule has 1 saturated heterocycles. The molecular formula is C24H33NO3. The summed E-state index contributed by atoms with van der Waals surface area (Å²) in [4.78, 5) is 2.61. The standard InChI is InChI=1S/C24H33NO3/c1-14-6-7-15-12-17-22-8-9-24(27-5,16(13-22)21(2,3)26)20-23(22,10-11-25(17)4)18(15)19(14)28-20/h6-7,16-17,20,26H,8-13H2,1-5H3/t16?,17-,20-,22-,23+,24-/m1/s1. The van der Waals surface area contributed by atoms with Crippen LogP contribution in [0.3, 0.4) is 0 Å². The lowest BCUT2D eigenvalue weighted by atomic mass is 9.34. The van der Waals surface area contributed by atoms with Gasteiger partial charge in [-0.3, -0.25) is 0 Å². The van der Waals surface area contributed by atoms with Crippen LogP contribution in [0.4, 0.5) is 0 Å². The molecule has 3 saturated carbocycles. The van der Waals surface area contributed by atoms with Crippen LogP contribution in [0, 0.1) is 18.3 Å². The van der Waals surface area contributed by atoms with Gasteiger partial charge in [0.2, 0.25) is 0 Å². The van der Waals surface area contributed by atoms with Crippen molar-refractivity contribution >= 4 is 0 Å². The Kier molecular flexibility index (Phi) is 3.14. The van der Waals surface area contributed by atoms with Crippen molar-refractivity contribution in [2.75, 3.05) is 20.7 Å². The molecule has 2 spiro atoms. The van der Waals surface area contributed by atoms with Gasteiger partial charge in [0.05, 0.1) is 5.60 Å². The molecular weight excluding hydrogens is 350 g/mol. The van der Waals surface area contributed by atoms with E-state index in [-0.39, 0.29) is 22.9 Å². The van der Waals surface area contributed by atoms with Crippen LogP contribution >= 0.6 is 0 Å². The summed E-state index contributed by atoms with van der Waals surface area (Å²) in [6, 6.07) is 5.12. The Morgan fingerprint density at radius 2 is 2.04 bits per heavy atom. The molecule has 7 rings (SSSR count). The number of ether oxygens (including phenoxy) is 2. The predicted octanol–water partition coefficient (Wildman–Crippen LogP) is 3.21. The molecule has 1 aromatic carbocycles. The molecule has 4 nitrogen and oxygen atoms in total. The first-order chi connectivity index (χ1) is 13.2. The van der Waals surface area contributed by atoms with Crippen LogP contribution in [-0.4, -0.2) is 54.1 Å². The van der Waals surface area contributed by atoms with E-state index in [0.717, 1.165) is 38.0 Å². The van der Waals surface area contributed by atoms with E-state index >= 15 is 0 Å². The van der Waals surface area contributed by atoms with Gasteiger partial charge in [0.25, 0.3) is 0 Å². The fraction of sp³-hybridized carbons (Fsp3) is 0.750. The van der Waals surface area contributed by atoms with Gasteiger partial charge in [-0.1, -0.05) is 12.1 Å². The van der Waals surface area contributed by atoms with Crippen LogP contribution in [0.2, 0.25) is 0 Å². The van der Waals surface area contributed by atoms with Crippen LogP contribution < -0.4 is 4.74 Å². The van der Waals surface area contributed by atoms with Crippen LogP contribution in [0.5, 0.6) is 5.75 Å². The third kappa shape index (κ3) is 1.61. The van der Waals surface area contributed by atoms with Crippen molar-refractivity contribution in [2.24, 2.45) is 11.3 Å². The summed E-state index contributed by atoms with van der Waals surface area (Å²) in [6.45, 7) is 7.26. The lowest BCUT2D eigenvalue weighted by molar-refractivity contribution is -0.298. The van der Waals surface area contributed by atoms with Gasteiger partial charge >= 0.3 is 0 Å². The van der Waals surface area contributed by atoms with Gasteiger partial charge in [0.15, 0.2) is 0 Å². The average Bonchev–Trinajstić information content (AvgIpc) is 3.03. The molecule has 6 aliphatic rings. The molecule has 0 amide bonds. The van der Waals surface area contributed by atoms with Crippen LogP contribution in [0.25, 0.3) is 0 Å². The van der Waals surface area contributed by atoms with E-state index in [1.807, 2.05) is 21.0 Å². The highest BCUT2D eigenvalue weighted by Crippen LogP contribution is 2.76. The first-order valence-electron chi connectivity index (χ1n) is 11.0. The van der Waals surface area contributed by atoms with Crippen molar-refractivity contribution in [1.29, 1.82) is 0 Å². The maximum Gasteiger partial charge on any atom is 0.138 e. The summed E-state index contributed by atoms with van der Waals surface area (Å²) >= 11 is 0. The average molecular weight is 384 g/mol. The molecule has 2 heterocycles. The predicted molar refractivity (Wildman–Crippen MR) is 108 cm³/mol. The number of nitrogens with zero attached hydrogens (tertiary/aromatic N) is 1. The lowest BCUT2D eigenvalue weighted by Gasteiger charge is -2.74. The Morgan fingerprint density at radius 3 is 2.75 bits per heavy atom. The molecule has 1 aromatic rings. The van der Waals surface area contributed by atoms with Crippen molar-refractivity contribution in [3.63, 3.8) is 0 Å². The monoisotopic (exact) mass is 383 g/mol. The number of fused-ring (bicyclic) bond motifs is 2. The fourth-order valence-electron chi connectivity index (χ4n) is 8.66. The quantitative estimate of drug-likeness (QED) is 0.852. The van der Waals surface area contributed by atoms with E-state index in [1.165, 1.54) is 23.1 Å². The molecule has 4 bridgehead atoms.